The summed E-state index contributed by atoms with van der Waals surface area (Å²) in [4.78, 5) is 0. The standard InChI is InChI=1S/C10H16/c1-7-5-9-8-3-2-4-10(7,9)6-8/h7-9H,2-6H2,1H3/t7?,8-,9?,10-/m0/s1. The Morgan fingerprint density at radius 2 is 2.30 bits per heavy atom. The van der Waals surface area contributed by atoms with Crippen molar-refractivity contribution in [1.29, 1.82) is 0 Å². The maximum atomic E-state index is 2.47. The quantitative estimate of drug-likeness (QED) is 0.480. The zero-order valence-electron chi connectivity index (χ0n) is 6.77. The van der Waals surface area contributed by atoms with Gasteiger partial charge in [0, 0.05) is 0 Å². The van der Waals surface area contributed by atoms with Crippen LogP contribution in [0.2, 0.25) is 0 Å². The molecule has 0 amide bonds. The Labute approximate surface area is 63.0 Å². The van der Waals surface area contributed by atoms with E-state index in [1.165, 1.54) is 11.8 Å². The smallest absolute Gasteiger partial charge is 0.0238 e. The summed E-state index contributed by atoms with van der Waals surface area (Å²) in [6.07, 6.45) is 7.88. The van der Waals surface area contributed by atoms with Gasteiger partial charge in [0.2, 0.25) is 0 Å². The summed E-state index contributed by atoms with van der Waals surface area (Å²) >= 11 is 0. The summed E-state index contributed by atoms with van der Waals surface area (Å²) in [5.74, 6) is 3.48. The molecule has 56 valence electrons. The highest BCUT2D eigenvalue weighted by molar-refractivity contribution is 5.13. The van der Waals surface area contributed by atoms with Crippen LogP contribution in [0.15, 0.2) is 0 Å². The van der Waals surface area contributed by atoms with Gasteiger partial charge in [-0.15, -0.1) is 0 Å². The van der Waals surface area contributed by atoms with Gasteiger partial charge in [-0.2, -0.15) is 0 Å². The average Bonchev–Trinajstić information content (AvgIpc) is 2.00. The van der Waals surface area contributed by atoms with E-state index in [0.29, 0.717) is 0 Å². The second-order valence-electron chi connectivity index (χ2n) is 4.83. The highest BCUT2D eigenvalue weighted by atomic mass is 14.7. The molecule has 0 spiro atoms. The topological polar surface area (TPSA) is 0 Å². The second kappa shape index (κ2) is 1.44. The van der Waals surface area contributed by atoms with Crippen LogP contribution in [0.25, 0.3) is 0 Å². The van der Waals surface area contributed by atoms with Crippen LogP contribution in [0.4, 0.5) is 0 Å². The minimum absolute atomic E-state index is 0.920. The molecule has 2 unspecified atom stereocenters. The van der Waals surface area contributed by atoms with Gasteiger partial charge in [0.05, 0.1) is 0 Å². The molecular weight excluding hydrogens is 120 g/mol. The first-order chi connectivity index (χ1) is 4.83. The first kappa shape index (κ1) is 5.62. The fraction of sp³-hybridized carbons (Fsp3) is 1.00. The van der Waals surface area contributed by atoms with Crippen LogP contribution in [0, 0.1) is 23.2 Å². The molecule has 3 rings (SSSR count). The molecule has 10 heavy (non-hydrogen) atoms. The van der Waals surface area contributed by atoms with Crippen molar-refractivity contribution in [3.05, 3.63) is 0 Å². The molecule has 0 aliphatic heterocycles. The summed E-state index contributed by atoms with van der Waals surface area (Å²) in [6, 6.07) is 0. The normalized spacial score (nSPS) is 63.9. The van der Waals surface area contributed by atoms with Gasteiger partial charge in [0.25, 0.3) is 0 Å². The molecule has 0 aromatic heterocycles. The molecule has 2 bridgehead atoms. The van der Waals surface area contributed by atoms with Crippen molar-refractivity contribution < 1.29 is 0 Å². The summed E-state index contributed by atoms with van der Waals surface area (Å²) < 4.78 is 0. The Morgan fingerprint density at radius 1 is 1.40 bits per heavy atom. The van der Waals surface area contributed by atoms with E-state index in [0.717, 1.165) is 11.3 Å². The monoisotopic (exact) mass is 136 g/mol. The van der Waals surface area contributed by atoms with Crippen LogP contribution >= 0.6 is 0 Å². The molecule has 3 aliphatic rings. The SMILES string of the molecule is CC1CC2[C@H]3CCC[C@]12C3. The lowest BCUT2D eigenvalue weighted by molar-refractivity contribution is -0.215. The molecule has 0 heteroatoms. The van der Waals surface area contributed by atoms with Crippen molar-refractivity contribution in [3.63, 3.8) is 0 Å². The second-order valence-corrected chi connectivity index (χ2v) is 4.83. The lowest BCUT2D eigenvalue weighted by atomic mass is 9.34. The van der Waals surface area contributed by atoms with E-state index >= 15 is 0 Å². The largest absolute Gasteiger partial charge is 0.0620 e. The predicted octanol–water partition coefficient (Wildman–Crippen LogP) is 2.83. The van der Waals surface area contributed by atoms with Crippen LogP contribution in [0.5, 0.6) is 0 Å². The Hall–Kier alpha value is 0. The molecule has 0 aromatic rings. The van der Waals surface area contributed by atoms with Gasteiger partial charge in [-0.25, -0.2) is 0 Å². The number of hydrogen-bond donors (Lipinski definition) is 0. The minimum Gasteiger partial charge on any atom is -0.0620 e. The molecule has 3 saturated carbocycles. The zero-order chi connectivity index (χ0) is 6.77. The van der Waals surface area contributed by atoms with Gasteiger partial charge in [-0.3, -0.25) is 0 Å². The lowest BCUT2D eigenvalue weighted by Gasteiger charge is -2.71. The minimum atomic E-state index is 0.920. The first-order valence-electron chi connectivity index (χ1n) is 4.83. The zero-order valence-corrected chi connectivity index (χ0v) is 6.77. The van der Waals surface area contributed by atoms with Crippen LogP contribution in [-0.4, -0.2) is 0 Å². The average molecular weight is 136 g/mol. The highest BCUT2D eigenvalue weighted by Gasteiger charge is 2.64. The molecule has 3 fully saturated rings. The maximum Gasteiger partial charge on any atom is -0.0238 e. The van der Waals surface area contributed by atoms with E-state index in [4.69, 9.17) is 0 Å². The summed E-state index contributed by atoms with van der Waals surface area (Å²) in [6.45, 7) is 2.47. The molecule has 3 aliphatic carbocycles. The molecule has 0 nitrogen and oxygen atoms in total. The van der Waals surface area contributed by atoms with E-state index in [9.17, 15) is 0 Å². The summed E-state index contributed by atoms with van der Waals surface area (Å²) in [5.41, 5.74) is 0.920. The number of rotatable bonds is 0. The van der Waals surface area contributed by atoms with Gasteiger partial charge in [0.15, 0.2) is 0 Å². The van der Waals surface area contributed by atoms with Crippen LogP contribution in [0.3, 0.4) is 0 Å². The van der Waals surface area contributed by atoms with Crippen LogP contribution < -0.4 is 0 Å². The molecule has 0 heterocycles. The predicted molar refractivity (Wildman–Crippen MR) is 41.7 cm³/mol. The first-order valence-corrected chi connectivity index (χ1v) is 4.83. The maximum absolute atomic E-state index is 2.47. The van der Waals surface area contributed by atoms with E-state index in [1.54, 1.807) is 32.1 Å². The van der Waals surface area contributed by atoms with Gasteiger partial charge in [0.1, 0.15) is 0 Å². The molecule has 0 radical (unpaired) electrons. The van der Waals surface area contributed by atoms with Crippen molar-refractivity contribution in [3.8, 4) is 0 Å². The Kier molecular flexibility index (Phi) is 0.810. The Bertz CT molecular complexity index is 169. The van der Waals surface area contributed by atoms with Gasteiger partial charge < -0.3 is 0 Å². The molecule has 0 saturated heterocycles. The van der Waals surface area contributed by atoms with E-state index < -0.39 is 0 Å². The van der Waals surface area contributed by atoms with Crippen molar-refractivity contribution >= 4 is 0 Å². The third-order valence-corrected chi connectivity index (χ3v) is 4.76. The Balaban J connectivity index is 1.90. The van der Waals surface area contributed by atoms with Crippen LogP contribution in [0.1, 0.15) is 39.0 Å². The number of hydrogen-bond acceptors (Lipinski definition) is 0. The van der Waals surface area contributed by atoms with E-state index in [2.05, 4.69) is 6.92 Å². The summed E-state index contributed by atoms with van der Waals surface area (Å²) in [7, 11) is 0. The fourth-order valence-electron chi connectivity index (χ4n) is 4.07. The van der Waals surface area contributed by atoms with E-state index in [-0.39, 0.29) is 0 Å². The van der Waals surface area contributed by atoms with Crippen molar-refractivity contribution in [2.24, 2.45) is 23.2 Å². The van der Waals surface area contributed by atoms with Crippen molar-refractivity contribution in [1.82, 2.24) is 0 Å². The molecular formula is C10H16. The van der Waals surface area contributed by atoms with Crippen LogP contribution in [-0.2, 0) is 0 Å². The Morgan fingerprint density at radius 3 is 2.80 bits per heavy atom. The fourth-order valence-corrected chi connectivity index (χ4v) is 4.07. The molecule has 0 aromatic carbocycles. The molecule has 0 N–H and O–H groups in total. The van der Waals surface area contributed by atoms with Gasteiger partial charge >= 0.3 is 0 Å². The van der Waals surface area contributed by atoms with Gasteiger partial charge in [-0.1, -0.05) is 19.8 Å². The third-order valence-electron chi connectivity index (χ3n) is 4.76. The highest BCUT2D eigenvalue weighted by Crippen LogP contribution is 2.73. The van der Waals surface area contributed by atoms with Crippen molar-refractivity contribution in [2.75, 3.05) is 0 Å². The van der Waals surface area contributed by atoms with Crippen molar-refractivity contribution in [2.45, 2.75) is 39.0 Å². The van der Waals surface area contributed by atoms with E-state index in [1.807, 2.05) is 0 Å². The molecule has 4 atom stereocenters. The lowest BCUT2D eigenvalue weighted by Crippen LogP contribution is -2.63. The van der Waals surface area contributed by atoms with Gasteiger partial charge in [-0.05, 0) is 42.4 Å². The summed E-state index contributed by atoms with van der Waals surface area (Å²) in [5, 5.41) is 0. The third kappa shape index (κ3) is 0.383.